The van der Waals surface area contributed by atoms with E-state index < -0.39 is 23.2 Å². The summed E-state index contributed by atoms with van der Waals surface area (Å²) in [5.74, 6) is -0.503. The minimum absolute atomic E-state index is 0.000417. The lowest BCUT2D eigenvalue weighted by molar-refractivity contribution is -0.137. The second kappa shape index (κ2) is 6.37. The average molecular weight is 302 g/mol. The molecule has 0 bridgehead atoms. The second-order valence-corrected chi connectivity index (χ2v) is 5.23. The molecule has 0 spiro atoms. The molecule has 0 aromatic heterocycles. The quantitative estimate of drug-likeness (QED) is 0.861. The van der Waals surface area contributed by atoms with Crippen molar-refractivity contribution >= 4 is 11.6 Å². The Bertz CT molecular complexity index is 508. The first-order valence-corrected chi connectivity index (χ1v) is 6.88. The Balaban J connectivity index is 3.18. The van der Waals surface area contributed by atoms with E-state index in [4.69, 9.17) is 0 Å². The Morgan fingerprint density at radius 3 is 2.19 bits per heavy atom. The number of hydrogen-bond acceptors (Lipinski definition) is 2. The number of halogens is 3. The van der Waals surface area contributed by atoms with Gasteiger partial charge in [-0.05, 0) is 38.0 Å². The fraction of sp³-hybridized carbons (Fsp3) is 0.533. The molecule has 0 unspecified atom stereocenters. The topological polar surface area (TPSA) is 41.1 Å². The van der Waals surface area contributed by atoms with Gasteiger partial charge in [0.2, 0.25) is 0 Å². The van der Waals surface area contributed by atoms with E-state index in [1.165, 1.54) is 6.07 Å². The third-order valence-electron chi connectivity index (χ3n) is 3.84. The molecule has 1 aromatic carbocycles. The molecule has 0 fully saturated rings. The van der Waals surface area contributed by atoms with Crippen LogP contribution in [-0.4, -0.2) is 18.5 Å². The molecule has 0 heterocycles. The van der Waals surface area contributed by atoms with Crippen molar-refractivity contribution in [2.75, 3.05) is 12.4 Å². The summed E-state index contributed by atoms with van der Waals surface area (Å²) in [6.45, 7) is 5.72. The lowest BCUT2D eigenvalue weighted by Crippen LogP contribution is -2.45. The molecule has 1 rings (SSSR count). The van der Waals surface area contributed by atoms with Crippen LogP contribution in [0.5, 0.6) is 0 Å². The SMILES string of the molecule is CCC(C)(CC)NC(=O)c1cc(C(F)(F)F)ccc1NC. The molecule has 0 radical (unpaired) electrons. The van der Waals surface area contributed by atoms with Gasteiger partial charge in [0.1, 0.15) is 0 Å². The highest BCUT2D eigenvalue weighted by atomic mass is 19.4. The first-order chi connectivity index (χ1) is 9.66. The average Bonchev–Trinajstić information content (AvgIpc) is 2.45. The van der Waals surface area contributed by atoms with Crippen molar-refractivity contribution < 1.29 is 18.0 Å². The predicted octanol–water partition coefficient (Wildman–Crippen LogP) is 4.06. The van der Waals surface area contributed by atoms with Crippen LogP contribution in [0.15, 0.2) is 18.2 Å². The highest BCUT2D eigenvalue weighted by Crippen LogP contribution is 2.32. The van der Waals surface area contributed by atoms with Gasteiger partial charge in [0, 0.05) is 18.3 Å². The van der Waals surface area contributed by atoms with E-state index in [-0.39, 0.29) is 5.56 Å². The third-order valence-corrected chi connectivity index (χ3v) is 3.84. The summed E-state index contributed by atoms with van der Waals surface area (Å²) in [6, 6.07) is 3.11. The molecule has 0 saturated carbocycles. The number of nitrogens with one attached hydrogen (secondary N) is 2. The Labute approximate surface area is 122 Å². The van der Waals surface area contributed by atoms with E-state index in [9.17, 15) is 18.0 Å². The number of carbonyl (C=O) groups excluding carboxylic acids is 1. The summed E-state index contributed by atoms with van der Waals surface area (Å²) in [7, 11) is 1.57. The van der Waals surface area contributed by atoms with E-state index in [1.54, 1.807) is 7.05 Å². The Morgan fingerprint density at radius 1 is 1.19 bits per heavy atom. The Hall–Kier alpha value is -1.72. The number of rotatable bonds is 5. The summed E-state index contributed by atoms with van der Waals surface area (Å²) in [5.41, 5.74) is -0.895. The fourth-order valence-electron chi connectivity index (χ4n) is 1.89. The summed E-state index contributed by atoms with van der Waals surface area (Å²) in [5, 5.41) is 5.56. The number of amides is 1. The van der Waals surface area contributed by atoms with E-state index in [1.807, 2.05) is 20.8 Å². The standard InChI is InChI=1S/C15H21F3N2O/c1-5-14(3,6-2)20-13(21)11-9-10(15(16,17)18)7-8-12(11)19-4/h7-9,19H,5-6H2,1-4H3,(H,20,21). The number of anilines is 1. The lowest BCUT2D eigenvalue weighted by atomic mass is 9.94. The zero-order valence-corrected chi connectivity index (χ0v) is 12.7. The lowest BCUT2D eigenvalue weighted by Gasteiger charge is -2.28. The van der Waals surface area contributed by atoms with Gasteiger partial charge in [-0.2, -0.15) is 13.2 Å². The van der Waals surface area contributed by atoms with Gasteiger partial charge in [-0.25, -0.2) is 0 Å². The summed E-state index contributed by atoms with van der Waals surface area (Å²) in [4.78, 5) is 12.3. The highest BCUT2D eigenvalue weighted by Gasteiger charge is 2.32. The van der Waals surface area contributed by atoms with Crippen LogP contribution >= 0.6 is 0 Å². The summed E-state index contributed by atoms with van der Waals surface area (Å²) >= 11 is 0. The van der Waals surface area contributed by atoms with E-state index in [0.29, 0.717) is 18.5 Å². The molecule has 0 atom stereocenters. The van der Waals surface area contributed by atoms with Crippen molar-refractivity contribution in [3.05, 3.63) is 29.3 Å². The highest BCUT2D eigenvalue weighted by molar-refractivity contribution is 6.00. The molecule has 1 amide bonds. The van der Waals surface area contributed by atoms with Crippen LogP contribution in [0.2, 0.25) is 0 Å². The molecule has 0 aliphatic rings. The van der Waals surface area contributed by atoms with Crippen molar-refractivity contribution in [3.63, 3.8) is 0 Å². The molecular weight excluding hydrogens is 281 g/mol. The molecule has 0 aliphatic carbocycles. The van der Waals surface area contributed by atoms with Gasteiger partial charge < -0.3 is 10.6 Å². The minimum atomic E-state index is -4.47. The van der Waals surface area contributed by atoms with Crippen molar-refractivity contribution in [2.45, 2.75) is 45.3 Å². The molecule has 2 N–H and O–H groups in total. The Morgan fingerprint density at radius 2 is 1.76 bits per heavy atom. The number of alkyl halides is 3. The molecule has 1 aromatic rings. The van der Waals surface area contributed by atoms with Crippen LogP contribution in [-0.2, 0) is 6.18 Å². The molecule has 0 aliphatic heterocycles. The van der Waals surface area contributed by atoms with E-state index in [2.05, 4.69) is 10.6 Å². The first-order valence-electron chi connectivity index (χ1n) is 6.88. The van der Waals surface area contributed by atoms with Crippen molar-refractivity contribution in [3.8, 4) is 0 Å². The van der Waals surface area contributed by atoms with Crippen LogP contribution in [0.4, 0.5) is 18.9 Å². The molecule has 0 saturated heterocycles. The van der Waals surface area contributed by atoms with Gasteiger partial charge in [0.15, 0.2) is 0 Å². The normalized spacial score (nSPS) is 12.1. The number of carbonyl (C=O) groups is 1. The molecule has 118 valence electrons. The Kier molecular flexibility index (Phi) is 5.25. The van der Waals surface area contributed by atoms with Crippen LogP contribution in [0, 0.1) is 0 Å². The monoisotopic (exact) mass is 302 g/mol. The molecule has 6 heteroatoms. The fourth-order valence-corrected chi connectivity index (χ4v) is 1.89. The maximum Gasteiger partial charge on any atom is 0.416 e. The largest absolute Gasteiger partial charge is 0.416 e. The van der Waals surface area contributed by atoms with Crippen LogP contribution in [0.25, 0.3) is 0 Å². The van der Waals surface area contributed by atoms with Gasteiger partial charge in [-0.1, -0.05) is 13.8 Å². The van der Waals surface area contributed by atoms with Crippen molar-refractivity contribution in [1.29, 1.82) is 0 Å². The van der Waals surface area contributed by atoms with Crippen molar-refractivity contribution in [1.82, 2.24) is 5.32 Å². The first kappa shape index (κ1) is 17.3. The van der Waals surface area contributed by atoms with Gasteiger partial charge >= 0.3 is 6.18 Å². The van der Waals surface area contributed by atoms with Crippen molar-refractivity contribution in [2.24, 2.45) is 0 Å². The smallest absolute Gasteiger partial charge is 0.387 e. The maximum atomic E-state index is 12.8. The minimum Gasteiger partial charge on any atom is -0.387 e. The third kappa shape index (κ3) is 4.12. The summed E-state index contributed by atoms with van der Waals surface area (Å²) in [6.07, 6.45) is -3.08. The zero-order valence-electron chi connectivity index (χ0n) is 12.7. The van der Waals surface area contributed by atoms with Crippen LogP contribution < -0.4 is 10.6 Å². The molecule has 3 nitrogen and oxygen atoms in total. The predicted molar refractivity (Wildman–Crippen MR) is 77.4 cm³/mol. The van der Waals surface area contributed by atoms with Gasteiger partial charge in [0.25, 0.3) is 5.91 Å². The van der Waals surface area contributed by atoms with Gasteiger partial charge in [-0.3, -0.25) is 4.79 Å². The molecule has 21 heavy (non-hydrogen) atoms. The van der Waals surface area contributed by atoms with Crippen LogP contribution in [0.1, 0.15) is 49.5 Å². The van der Waals surface area contributed by atoms with Gasteiger partial charge in [0.05, 0.1) is 11.1 Å². The van der Waals surface area contributed by atoms with Gasteiger partial charge in [-0.15, -0.1) is 0 Å². The van der Waals surface area contributed by atoms with Crippen LogP contribution in [0.3, 0.4) is 0 Å². The molecular formula is C15H21F3N2O. The van der Waals surface area contributed by atoms with E-state index in [0.717, 1.165) is 12.1 Å². The van der Waals surface area contributed by atoms with E-state index >= 15 is 0 Å². The summed E-state index contributed by atoms with van der Waals surface area (Å²) < 4.78 is 38.4. The number of benzene rings is 1. The zero-order chi connectivity index (χ0) is 16.3. The number of hydrogen-bond donors (Lipinski definition) is 2. The maximum absolute atomic E-state index is 12.8. The second-order valence-electron chi connectivity index (χ2n) is 5.23.